The third-order valence-corrected chi connectivity index (χ3v) is 3.83. The van der Waals surface area contributed by atoms with E-state index in [4.69, 9.17) is 4.74 Å². The average Bonchev–Trinajstić information content (AvgIpc) is 2.32. The van der Waals surface area contributed by atoms with Crippen molar-refractivity contribution in [1.29, 1.82) is 0 Å². The van der Waals surface area contributed by atoms with Crippen LogP contribution in [0.25, 0.3) is 0 Å². The molecule has 1 saturated heterocycles. The minimum absolute atomic E-state index is 0.0359. The number of amides is 1. The number of carbonyl (C=O) groups is 1. The Morgan fingerprint density at radius 2 is 2.15 bits per heavy atom. The van der Waals surface area contributed by atoms with Gasteiger partial charge in [-0.2, -0.15) is 0 Å². The van der Waals surface area contributed by atoms with Gasteiger partial charge in [-0.05, 0) is 18.8 Å². The van der Waals surface area contributed by atoms with Crippen molar-refractivity contribution >= 4 is 15.9 Å². The van der Waals surface area contributed by atoms with Crippen LogP contribution in [-0.4, -0.2) is 57.8 Å². The molecule has 1 aliphatic rings. The maximum atomic E-state index is 12.0. The van der Waals surface area contributed by atoms with Gasteiger partial charge in [0.2, 0.25) is 15.9 Å². The standard InChI is InChI=1S/C13H26N2O4S/c1-11(2)10-19-8-6-13(16)15-7-4-5-12(9-15)14-20(3,17)18/h11-12,14H,4-10H2,1-3H3/t12-/m1/s1. The first-order valence-corrected chi connectivity index (χ1v) is 9.00. The van der Waals surface area contributed by atoms with Crippen LogP contribution in [0, 0.1) is 5.92 Å². The van der Waals surface area contributed by atoms with E-state index in [0.29, 0.717) is 38.6 Å². The summed E-state index contributed by atoms with van der Waals surface area (Å²) < 4.78 is 30.4. The second-order valence-corrected chi connectivity index (χ2v) is 7.57. The molecule has 7 heteroatoms. The van der Waals surface area contributed by atoms with E-state index in [2.05, 4.69) is 18.6 Å². The Hall–Kier alpha value is -0.660. The summed E-state index contributed by atoms with van der Waals surface area (Å²) in [5.74, 6) is 0.497. The molecule has 118 valence electrons. The highest BCUT2D eigenvalue weighted by Crippen LogP contribution is 2.12. The van der Waals surface area contributed by atoms with Gasteiger partial charge in [0.25, 0.3) is 0 Å². The minimum atomic E-state index is -3.22. The van der Waals surface area contributed by atoms with Gasteiger partial charge in [-0.25, -0.2) is 13.1 Å². The summed E-state index contributed by atoms with van der Waals surface area (Å²) in [6.45, 7) is 6.37. The van der Waals surface area contributed by atoms with Crippen LogP contribution in [0.2, 0.25) is 0 Å². The van der Waals surface area contributed by atoms with Crippen LogP contribution >= 0.6 is 0 Å². The number of nitrogens with one attached hydrogen (secondary N) is 1. The third kappa shape index (κ3) is 7.21. The SMILES string of the molecule is CC(C)COCCC(=O)N1CCC[C@@H](NS(C)(=O)=O)C1. The summed E-state index contributed by atoms with van der Waals surface area (Å²) in [6.07, 6.45) is 3.11. The summed E-state index contributed by atoms with van der Waals surface area (Å²) in [5, 5.41) is 0. The second kappa shape index (κ2) is 7.95. The number of carbonyl (C=O) groups excluding carboxylic acids is 1. The van der Waals surface area contributed by atoms with Gasteiger partial charge in [-0.3, -0.25) is 4.79 Å². The highest BCUT2D eigenvalue weighted by molar-refractivity contribution is 7.88. The van der Waals surface area contributed by atoms with E-state index in [1.54, 1.807) is 4.90 Å². The topological polar surface area (TPSA) is 75.7 Å². The highest BCUT2D eigenvalue weighted by Gasteiger charge is 2.25. The van der Waals surface area contributed by atoms with Crippen LogP contribution in [0.15, 0.2) is 0 Å². The lowest BCUT2D eigenvalue weighted by Crippen LogP contribution is -2.49. The maximum absolute atomic E-state index is 12.0. The molecule has 0 aliphatic carbocycles. The molecule has 1 fully saturated rings. The van der Waals surface area contributed by atoms with E-state index in [1.807, 2.05) is 0 Å². The quantitative estimate of drug-likeness (QED) is 0.699. The minimum Gasteiger partial charge on any atom is -0.381 e. The summed E-state index contributed by atoms with van der Waals surface area (Å²) in [4.78, 5) is 13.7. The molecule has 0 bridgehead atoms. The Labute approximate surface area is 121 Å². The monoisotopic (exact) mass is 306 g/mol. The Morgan fingerprint density at radius 1 is 1.45 bits per heavy atom. The molecule has 1 N–H and O–H groups in total. The molecule has 1 amide bonds. The Kier molecular flexibility index (Phi) is 6.91. The van der Waals surface area contributed by atoms with Crippen LogP contribution in [0.5, 0.6) is 0 Å². The fourth-order valence-corrected chi connectivity index (χ4v) is 3.04. The van der Waals surface area contributed by atoms with Crippen molar-refractivity contribution in [2.24, 2.45) is 5.92 Å². The Bertz CT molecular complexity index is 409. The fourth-order valence-electron chi connectivity index (χ4n) is 2.24. The zero-order valence-corrected chi connectivity index (χ0v) is 13.4. The van der Waals surface area contributed by atoms with Gasteiger partial charge in [0.1, 0.15) is 0 Å². The van der Waals surface area contributed by atoms with Crippen molar-refractivity contribution < 1.29 is 17.9 Å². The van der Waals surface area contributed by atoms with Crippen LogP contribution < -0.4 is 4.72 Å². The number of hydrogen-bond acceptors (Lipinski definition) is 4. The van der Waals surface area contributed by atoms with E-state index >= 15 is 0 Å². The smallest absolute Gasteiger partial charge is 0.224 e. The average molecular weight is 306 g/mol. The van der Waals surface area contributed by atoms with Crippen LogP contribution in [-0.2, 0) is 19.6 Å². The van der Waals surface area contributed by atoms with E-state index in [1.165, 1.54) is 0 Å². The third-order valence-electron chi connectivity index (χ3n) is 3.07. The number of nitrogens with zero attached hydrogens (tertiary/aromatic N) is 1. The molecule has 0 saturated carbocycles. The second-order valence-electron chi connectivity index (χ2n) is 5.79. The predicted octanol–water partition coefficient (Wildman–Crippen LogP) is 0.589. The lowest BCUT2D eigenvalue weighted by atomic mass is 10.1. The van der Waals surface area contributed by atoms with Gasteiger partial charge in [0.05, 0.1) is 19.3 Å². The molecule has 0 aromatic heterocycles. The molecule has 1 heterocycles. The van der Waals surface area contributed by atoms with E-state index in [0.717, 1.165) is 19.1 Å². The predicted molar refractivity (Wildman–Crippen MR) is 77.9 cm³/mol. The van der Waals surface area contributed by atoms with Gasteiger partial charge in [0.15, 0.2) is 0 Å². The zero-order valence-electron chi connectivity index (χ0n) is 12.6. The first-order valence-electron chi connectivity index (χ1n) is 7.10. The molecule has 0 spiro atoms. The molecule has 20 heavy (non-hydrogen) atoms. The first kappa shape index (κ1) is 17.4. The maximum Gasteiger partial charge on any atom is 0.224 e. The number of rotatable bonds is 7. The molecule has 1 aliphatic heterocycles. The fraction of sp³-hybridized carbons (Fsp3) is 0.923. The molecular weight excluding hydrogens is 280 g/mol. The molecule has 0 aromatic rings. The first-order chi connectivity index (χ1) is 9.28. The van der Waals surface area contributed by atoms with Gasteiger partial charge < -0.3 is 9.64 Å². The number of hydrogen-bond donors (Lipinski definition) is 1. The summed E-state index contributed by atoms with van der Waals surface area (Å²) in [5.41, 5.74) is 0. The normalized spacial score (nSPS) is 20.4. The van der Waals surface area contributed by atoms with Gasteiger partial charge in [-0.15, -0.1) is 0 Å². The Morgan fingerprint density at radius 3 is 2.75 bits per heavy atom. The van der Waals surface area contributed by atoms with Crippen LogP contribution in [0.1, 0.15) is 33.1 Å². The van der Waals surface area contributed by atoms with Crippen molar-refractivity contribution in [2.75, 3.05) is 32.6 Å². The lowest BCUT2D eigenvalue weighted by Gasteiger charge is -2.32. The van der Waals surface area contributed by atoms with E-state index < -0.39 is 10.0 Å². The van der Waals surface area contributed by atoms with Crippen molar-refractivity contribution in [2.45, 2.75) is 39.2 Å². The number of likely N-dealkylation sites (tertiary alicyclic amines) is 1. The van der Waals surface area contributed by atoms with E-state index in [9.17, 15) is 13.2 Å². The number of piperidine rings is 1. The van der Waals surface area contributed by atoms with Gasteiger partial charge in [-0.1, -0.05) is 13.8 Å². The summed E-state index contributed by atoms with van der Waals surface area (Å²) in [7, 11) is -3.22. The Balaban J connectivity index is 2.33. The van der Waals surface area contributed by atoms with E-state index in [-0.39, 0.29) is 11.9 Å². The molecule has 0 radical (unpaired) electrons. The number of sulfonamides is 1. The summed E-state index contributed by atoms with van der Waals surface area (Å²) in [6, 6.07) is -0.167. The van der Waals surface area contributed by atoms with Crippen molar-refractivity contribution in [3.05, 3.63) is 0 Å². The molecular formula is C13H26N2O4S. The number of ether oxygens (including phenoxy) is 1. The van der Waals surface area contributed by atoms with Crippen molar-refractivity contribution in [1.82, 2.24) is 9.62 Å². The summed E-state index contributed by atoms with van der Waals surface area (Å²) >= 11 is 0. The molecule has 1 atom stereocenters. The van der Waals surface area contributed by atoms with Crippen LogP contribution in [0.4, 0.5) is 0 Å². The van der Waals surface area contributed by atoms with Gasteiger partial charge in [0, 0.05) is 25.7 Å². The zero-order chi connectivity index (χ0) is 15.2. The highest BCUT2D eigenvalue weighted by atomic mass is 32.2. The molecule has 0 aromatic carbocycles. The van der Waals surface area contributed by atoms with Gasteiger partial charge >= 0.3 is 0 Å². The molecule has 0 unspecified atom stereocenters. The lowest BCUT2D eigenvalue weighted by molar-refractivity contribution is -0.133. The van der Waals surface area contributed by atoms with Crippen LogP contribution in [0.3, 0.4) is 0 Å². The molecule has 1 rings (SSSR count). The molecule has 6 nitrogen and oxygen atoms in total. The van der Waals surface area contributed by atoms with Crippen molar-refractivity contribution in [3.63, 3.8) is 0 Å². The largest absolute Gasteiger partial charge is 0.381 e. The van der Waals surface area contributed by atoms with Crippen molar-refractivity contribution in [3.8, 4) is 0 Å².